The van der Waals surface area contributed by atoms with E-state index in [-0.39, 0.29) is 5.54 Å². The average molecular weight is 432 g/mol. The van der Waals surface area contributed by atoms with Crippen LogP contribution in [0, 0.1) is 0 Å². The molecule has 174 valence electrons. The van der Waals surface area contributed by atoms with Crippen molar-refractivity contribution in [3.05, 3.63) is 23.8 Å². The van der Waals surface area contributed by atoms with Gasteiger partial charge < -0.3 is 25.0 Å². The highest BCUT2D eigenvalue weighted by Gasteiger charge is 2.39. The summed E-state index contributed by atoms with van der Waals surface area (Å²) in [7, 11) is 5.59. The van der Waals surface area contributed by atoms with E-state index in [4.69, 9.17) is 14.5 Å². The first kappa shape index (κ1) is 23.7. The van der Waals surface area contributed by atoms with Crippen LogP contribution in [0.4, 0.5) is 0 Å². The number of nitrogens with one attached hydrogen (secondary N) is 2. The Morgan fingerprint density at radius 2 is 1.77 bits per heavy atom. The number of hydrogen-bond acceptors (Lipinski definition) is 5. The van der Waals surface area contributed by atoms with Gasteiger partial charge in [-0.3, -0.25) is 4.90 Å². The lowest BCUT2D eigenvalue weighted by Crippen LogP contribution is -2.62. The van der Waals surface area contributed by atoms with Crippen molar-refractivity contribution in [3.63, 3.8) is 0 Å². The maximum atomic E-state index is 5.54. The lowest BCUT2D eigenvalue weighted by atomic mass is 9.84. The number of rotatable bonds is 8. The average Bonchev–Trinajstić information content (AvgIpc) is 2.82. The van der Waals surface area contributed by atoms with Crippen LogP contribution in [0.15, 0.2) is 23.2 Å². The van der Waals surface area contributed by atoms with Gasteiger partial charge in [-0.05, 0) is 78.0 Å². The van der Waals surface area contributed by atoms with E-state index >= 15 is 0 Å². The van der Waals surface area contributed by atoms with Gasteiger partial charge >= 0.3 is 0 Å². The minimum absolute atomic E-state index is 0.223. The normalized spacial score (nSPS) is 20.3. The SMILES string of the molecule is CCNC(=NCc1ccc(OC)cc1OC)NCC1(N2CCCCC2)CCN(C)CC1. The monoisotopic (exact) mass is 431 g/mol. The van der Waals surface area contributed by atoms with Crippen molar-refractivity contribution in [1.82, 2.24) is 20.4 Å². The second-order valence-corrected chi connectivity index (χ2v) is 8.80. The lowest BCUT2D eigenvalue weighted by molar-refractivity contribution is 0.0173. The van der Waals surface area contributed by atoms with Gasteiger partial charge in [0.05, 0.1) is 20.8 Å². The molecule has 2 saturated heterocycles. The van der Waals surface area contributed by atoms with Crippen molar-refractivity contribution in [2.75, 3.05) is 60.5 Å². The number of piperidine rings is 2. The summed E-state index contributed by atoms with van der Waals surface area (Å²) in [5, 5.41) is 7.11. The molecule has 3 rings (SSSR count). The van der Waals surface area contributed by atoms with Crippen molar-refractivity contribution in [2.24, 2.45) is 4.99 Å². The van der Waals surface area contributed by atoms with E-state index in [1.807, 2.05) is 18.2 Å². The molecule has 0 radical (unpaired) electrons. The molecule has 1 aromatic rings. The number of hydrogen-bond donors (Lipinski definition) is 2. The number of benzene rings is 1. The van der Waals surface area contributed by atoms with Crippen LogP contribution in [0.1, 0.15) is 44.6 Å². The third-order valence-electron chi connectivity index (χ3n) is 6.78. The van der Waals surface area contributed by atoms with Gasteiger partial charge in [0.1, 0.15) is 11.5 Å². The molecule has 7 heteroatoms. The van der Waals surface area contributed by atoms with Crippen molar-refractivity contribution in [1.29, 1.82) is 0 Å². The second kappa shape index (κ2) is 11.6. The summed E-state index contributed by atoms with van der Waals surface area (Å²) < 4.78 is 10.8. The lowest BCUT2D eigenvalue weighted by Gasteiger charge is -2.50. The van der Waals surface area contributed by atoms with Gasteiger partial charge in [0.15, 0.2) is 5.96 Å². The third-order valence-corrected chi connectivity index (χ3v) is 6.78. The van der Waals surface area contributed by atoms with E-state index in [2.05, 4.69) is 34.4 Å². The van der Waals surface area contributed by atoms with Crippen molar-refractivity contribution in [3.8, 4) is 11.5 Å². The molecule has 0 atom stereocenters. The molecule has 0 unspecified atom stereocenters. The largest absolute Gasteiger partial charge is 0.497 e. The summed E-state index contributed by atoms with van der Waals surface area (Å²) in [6.45, 7) is 9.22. The summed E-state index contributed by atoms with van der Waals surface area (Å²) in [5.41, 5.74) is 1.27. The third kappa shape index (κ3) is 6.26. The molecule has 1 aromatic carbocycles. The van der Waals surface area contributed by atoms with E-state index in [0.717, 1.165) is 49.2 Å². The quantitative estimate of drug-likeness (QED) is 0.488. The first-order valence-electron chi connectivity index (χ1n) is 11.8. The smallest absolute Gasteiger partial charge is 0.191 e. The van der Waals surface area contributed by atoms with E-state index in [9.17, 15) is 0 Å². The fourth-order valence-electron chi connectivity index (χ4n) is 4.74. The molecule has 31 heavy (non-hydrogen) atoms. The number of aliphatic imine (C=N–C) groups is 1. The molecule has 0 bridgehead atoms. The van der Waals surface area contributed by atoms with Crippen LogP contribution in [0.25, 0.3) is 0 Å². The number of likely N-dealkylation sites (tertiary alicyclic amines) is 2. The summed E-state index contributed by atoms with van der Waals surface area (Å²) in [4.78, 5) is 10.1. The minimum atomic E-state index is 0.223. The van der Waals surface area contributed by atoms with Crippen molar-refractivity contribution >= 4 is 5.96 Å². The molecule has 0 spiro atoms. The molecule has 0 saturated carbocycles. The van der Waals surface area contributed by atoms with E-state index in [1.165, 1.54) is 45.2 Å². The standard InChI is InChI=1S/C24H41N5O2/c1-5-25-23(26-18-20-9-10-21(30-3)17-22(20)31-4)27-19-24(11-15-28(2)16-12-24)29-13-7-6-8-14-29/h9-10,17H,5-8,11-16,18-19H2,1-4H3,(H2,25,26,27). The topological polar surface area (TPSA) is 61.4 Å². The van der Waals surface area contributed by atoms with Crippen LogP contribution in [0.5, 0.6) is 11.5 Å². The Balaban J connectivity index is 1.70. The summed E-state index contributed by atoms with van der Waals surface area (Å²) in [6.07, 6.45) is 6.43. The zero-order valence-electron chi connectivity index (χ0n) is 19.9. The van der Waals surface area contributed by atoms with Crippen molar-refractivity contribution in [2.45, 2.75) is 51.1 Å². The fourth-order valence-corrected chi connectivity index (χ4v) is 4.74. The zero-order valence-corrected chi connectivity index (χ0v) is 19.9. The number of ether oxygens (including phenoxy) is 2. The van der Waals surface area contributed by atoms with Crippen molar-refractivity contribution < 1.29 is 9.47 Å². The van der Waals surface area contributed by atoms with E-state index in [0.29, 0.717) is 6.54 Å². The van der Waals surface area contributed by atoms with Gasteiger partial charge in [-0.25, -0.2) is 4.99 Å². The van der Waals surface area contributed by atoms with Crippen LogP contribution in [0.3, 0.4) is 0 Å². The fraction of sp³-hybridized carbons (Fsp3) is 0.708. The molecule has 0 amide bonds. The summed E-state index contributed by atoms with van der Waals surface area (Å²) in [6, 6.07) is 5.89. The van der Waals surface area contributed by atoms with Gasteiger partial charge in [0.25, 0.3) is 0 Å². The van der Waals surface area contributed by atoms with Gasteiger partial charge in [0, 0.05) is 30.3 Å². The highest BCUT2D eigenvalue weighted by molar-refractivity contribution is 5.79. The number of nitrogens with zero attached hydrogens (tertiary/aromatic N) is 3. The van der Waals surface area contributed by atoms with E-state index in [1.54, 1.807) is 14.2 Å². The van der Waals surface area contributed by atoms with Gasteiger partial charge in [0.2, 0.25) is 0 Å². The zero-order chi connectivity index (χ0) is 22.1. The molecular formula is C24H41N5O2. The predicted molar refractivity (Wildman–Crippen MR) is 127 cm³/mol. The van der Waals surface area contributed by atoms with Gasteiger partial charge in [-0.15, -0.1) is 0 Å². The Kier molecular flexibility index (Phi) is 8.84. The molecule has 2 N–H and O–H groups in total. The second-order valence-electron chi connectivity index (χ2n) is 8.80. The Labute approximate surface area is 188 Å². The van der Waals surface area contributed by atoms with Gasteiger partial charge in [-0.2, -0.15) is 0 Å². The van der Waals surface area contributed by atoms with Crippen LogP contribution >= 0.6 is 0 Å². The Morgan fingerprint density at radius 1 is 1.03 bits per heavy atom. The van der Waals surface area contributed by atoms with Crippen LogP contribution in [-0.4, -0.2) is 81.8 Å². The van der Waals surface area contributed by atoms with Crippen LogP contribution in [-0.2, 0) is 6.54 Å². The van der Waals surface area contributed by atoms with Crippen LogP contribution in [0.2, 0.25) is 0 Å². The molecular weight excluding hydrogens is 390 g/mol. The molecule has 0 aliphatic carbocycles. The Hall–Kier alpha value is -1.99. The maximum absolute atomic E-state index is 5.54. The molecule has 0 aromatic heterocycles. The summed E-state index contributed by atoms with van der Waals surface area (Å²) >= 11 is 0. The highest BCUT2D eigenvalue weighted by Crippen LogP contribution is 2.31. The number of methoxy groups -OCH3 is 2. The predicted octanol–water partition coefficient (Wildman–Crippen LogP) is 2.71. The van der Waals surface area contributed by atoms with Gasteiger partial charge in [-0.1, -0.05) is 6.42 Å². The Morgan fingerprint density at radius 3 is 2.42 bits per heavy atom. The molecule has 2 aliphatic heterocycles. The number of guanidine groups is 1. The highest BCUT2D eigenvalue weighted by atomic mass is 16.5. The minimum Gasteiger partial charge on any atom is -0.497 e. The van der Waals surface area contributed by atoms with Crippen LogP contribution < -0.4 is 20.1 Å². The first-order valence-corrected chi connectivity index (χ1v) is 11.8. The maximum Gasteiger partial charge on any atom is 0.191 e. The van der Waals surface area contributed by atoms with E-state index < -0.39 is 0 Å². The molecule has 2 aliphatic rings. The first-order chi connectivity index (χ1) is 15.1. The summed E-state index contributed by atoms with van der Waals surface area (Å²) in [5.74, 6) is 2.47. The molecule has 2 fully saturated rings. The Bertz CT molecular complexity index is 710. The molecule has 7 nitrogen and oxygen atoms in total. The molecule has 2 heterocycles.